The first-order chi connectivity index (χ1) is 11.7. The number of aromatic nitrogens is 4. The molecule has 0 spiro atoms. The van der Waals surface area contributed by atoms with Crippen molar-refractivity contribution in [3.63, 3.8) is 0 Å². The van der Waals surface area contributed by atoms with Crippen molar-refractivity contribution in [2.24, 2.45) is 0 Å². The van der Waals surface area contributed by atoms with E-state index in [4.69, 9.17) is 4.74 Å². The quantitative estimate of drug-likeness (QED) is 0.722. The van der Waals surface area contributed by atoms with Gasteiger partial charge in [-0.2, -0.15) is 5.10 Å². The van der Waals surface area contributed by atoms with E-state index in [9.17, 15) is 5.11 Å². The van der Waals surface area contributed by atoms with Crippen LogP contribution in [0, 0.1) is 6.92 Å². The van der Waals surface area contributed by atoms with Gasteiger partial charge in [0.1, 0.15) is 11.6 Å². The Morgan fingerprint density at radius 1 is 1.21 bits per heavy atom. The number of aryl methyl sites for hydroxylation is 1. The maximum atomic E-state index is 10.3. The Bertz CT molecular complexity index is 801. The second kappa shape index (κ2) is 7.10. The first-order valence-electron chi connectivity index (χ1n) is 7.58. The summed E-state index contributed by atoms with van der Waals surface area (Å²) in [6.45, 7) is 2.24. The number of aliphatic hydroxyl groups excluding tert-OH is 1. The molecule has 0 saturated heterocycles. The molecular weight excluding hydrogens is 306 g/mol. The third kappa shape index (κ3) is 3.69. The lowest BCUT2D eigenvalue weighted by atomic mass is 10.1. The second-order valence-electron chi connectivity index (χ2n) is 5.35. The zero-order valence-electron chi connectivity index (χ0n) is 13.5. The minimum atomic E-state index is -0.671. The highest BCUT2D eigenvalue weighted by atomic mass is 16.5. The third-order valence-electron chi connectivity index (χ3n) is 3.56. The van der Waals surface area contributed by atoms with Crippen LogP contribution in [0.2, 0.25) is 0 Å². The normalized spacial score (nSPS) is 12.0. The van der Waals surface area contributed by atoms with Gasteiger partial charge < -0.3 is 15.2 Å². The number of anilines is 1. The van der Waals surface area contributed by atoms with E-state index in [-0.39, 0.29) is 0 Å². The molecule has 2 heterocycles. The Labute approximate surface area is 139 Å². The minimum Gasteiger partial charge on any atom is -0.497 e. The third-order valence-corrected chi connectivity index (χ3v) is 3.56. The molecule has 2 N–H and O–H groups in total. The van der Waals surface area contributed by atoms with Crippen LogP contribution in [0.3, 0.4) is 0 Å². The van der Waals surface area contributed by atoms with E-state index in [1.165, 1.54) is 0 Å². The van der Waals surface area contributed by atoms with Gasteiger partial charge in [0, 0.05) is 12.7 Å². The van der Waals surface area contributed by atoms with Crippen molar-refractivity contribution >= 4 is 5.82 Å². The van der Waals surface area contributed by atoms with Crippen LogP contribution in [-0.4, -0.2) is 38.7 Å². The average molecular weight is 325 g/mol. The SMILES string of the molecule is COc1cccc(C(O)CNc2ccc(-n3ccc(C)n3)nn2)c1. The predicted octanol–water partition coefficient (Wildman–Crippen LogP) is 2.12. The molecule has 24 heavy (non-hydrogen) atoms. The predicted molar refractivity (Wildman–Crippen MR) is 90.3 cm³/mol. The molecule has 7 nitrogen and oxygen atoms in total. The molecule has 0 aliphatic heterocycles. The lowest BCUT2D eigenvalue weighted by molar-refractivity contribution is 0.191. The Morgan fingerprint density at radius 3 is 2.75 bits per heavy atom. The van der Waals surface area contributed by atoms with Crippen LogP contribution in [0.4, 0.5) is 5.82 Å². The molecule has 1 aromatic carbocycles. The minimum absolute atomic E-state index is 0.322. The number of nitrogens with zero attached hydrogens (tertiary/aromatic N) is 4. The van der Waals surface area contributed by atoms with E-state index in [1.54, 1.807) is 23.9 Å². The van der Waals surface area contributed by atoms with E-state index in [2.05, 4.69) is 20.6 Å². The molecule has 0 aliphatic carbocycles. The molecule has 0 radical (unpaired) electrons. The van der Waals surface area contributed by atoms with Gasteiger partial charge in [-0.1, -0.05) is 12.1 Å². The molecular formula is C17H19N5O2. The van der Waals surface area contributed by atoms with Crippen molar-refractivity contribution in [2.45, 2.75) is 13.0 Å². The molecule has 0 amide bonds. The van der Waals surface area contributed by atoms with E-state index in [0.29, 0.717) is 23.9 Å². The van der Waals surface area contributed by atoms with Crippen LogP contribution in [0.25, 0.3) is 5.82 Å². The Kier molecular flexibility index (Phi) is 4.72. The number of hydrogen-bond donors (Lipinski definition) is 2. The fraction of sp³-hybridized carbons (Fsp3) is 0.235. The van der Waals surface area contributed by atoms with Gasteiger partial charge in [-0.15, -0.1) is 10.2 Å². The van der Waals surface area contributed by atoms with E-state index >= 15 is 0 Å². The van der Waals surface area contributed by atoms with Crippen molar-refractivity contribution in [1.29, 1.82) is 0 Å². The van der Waals surface area contributed by atoms with Crippen LogP contribution >= 0.6 is 0 Å². The molecule has 7 heteroatoms. The largest absolute Gasteiger partial charge is 0.497 e. The van der Waals surface area contributed by atoms with E-state index in [0.717, 1.165) is 11.3 Å². The molecule has 124 valence electrons. The molecule has 1 atom stereocenters. The number of hydrogen-bond acceptors (Lipinski definition) is 6. The fourth-order valence-corrected chi connectivity index (χ4v) is 2.25. The van der Waals surface area contributed by atoms with Crippen molar-refractivity contribution in [1.82, 2.24) is 20.0 Å². The summed E-state index contributed by atoms with van der Waals surface area (Å²) in [4.78, 5) is 0. The first-order valence-corrected chi connectivity index (χ1v) is 7.58. The highest BCUT2D eigenvalue weighted by molar-refractivity contribution is 5.37. The van der Waals surface area contributed by atoms with Crippen molar-refractivity contribution in [2.75, 3.05) is 19.0 Å². The maximum Gasteiger partial charge on any atom is 0.175 e. The Hall–Kier alpha value is -2.93. The van der Waals surface area contributed by atoms with Crippen LogP contribution < -0.4 is 10.1 Å². The standard InChI is InChI=1S/C17H19N5O2/c1-12-8-9-22(21-12)17-7-6-16(19-20-17)18-11-15(23)13-4-3-5-14(10-13)24-2/h3-10,15,23H,11H2,1-2H3,(H,18,19). The van der Waals surface area contributed by atoms with Crippen LogP contribution in [0.5, 0.6) is 5.75 Å². The van der Waals surface area contributed by atoms with Gasteiger partial charge in [-0.3, -0.25) is 0 Å². The monoisotopic (exact) mass is 325 g/mol. The maximum absolute atomic E-state index is 10.3. The van der Waals surface area contributed by atoms with Gasteiger partial charge in [-0.25, -0.2) is 4.68 Å². The topological polar surface area (TPSA) is 85.1 Å². The van der Waals surface area contributed by atoms with Gasteiger partial charge in [0.05, 0.1) is 18.9 Å². The first kappa shape index (κ1) is 15.9. The molecule has 0 fully saturated rings. The summed E-state index contributed by atoms with van der Waals surface area (Å²) in [6, 6.07) is 12.9. The summed E-state index contributed by atoms with van der Waals surface area (Å²) in [5.74, 6) is 1.94. The van der Waals surface area contributed by atoms with Gasteiger partial charge in [-0.05, 0) is 42.8 Å². The molecule has 0 aliphatic rings. The zero-order valence-corrected chi connectivity index (χ0v) is 13.5. The fourth-order valence-electron chi connectivity index (χ4n) is 2.25. The molecule has 3 rings (SSSR count). The number of ether oxygens (including phenoxy) is 1. The molecule has 3 aromatic rings. The molecule has 2 aromatic heterocycles. The summed E-state index contributed by atoms with van der Waals surface area (Å²) in [5, 5.41) is 25.8. The van der Waals surface area contributed by atoms with Gasteiger partial charge in [0.25, 0.3) is 0 Å². The smallest absolute Gasteiger partial charge is 0.175 e. The highest BCUT2D eigenvalue weighted by Gasteiger charge is 2.09. The van der Waals surface area contributed by atoms with Gasteiger partial charge in [0.2, 0.25) is 0 Å². The number of aliphatic hydroxyl groups is 1. The summed E-state index contributed by atoms with van der Waals surface area (Å²) >= 11 is 0. The summed E-state index contributed by atoms with van der Waals surface area (Å²) in [7, 11) is 1.60. The summed E-state index contributed by atoms with van der Waals surface area (Å²) in [5.41, 5.74) is 1.69. The number of nitrogens with one attached hydrogen (secondary N) is 1. The number of benzene rings is 1. The summed E-state index contributed by atoms with van der Waals surface area (Å²) < 4.78 is 6.83. The van der Waals surface area contributed by atoms with Crippen LogP contribution in [-0.2, 0) is 0 Å². The van der Waals surface area contributed by atoms with Gasteiger partial charge in [0.15, 0.2) is 5.82 Å². The molecule has 1 unspecified atom stereocenters. The van der Waals surface area contributed by atoms with Crippen molar-refractivity contribution < 1.29 is 9.84 Å². The second-order valence-corrected chi connectivity index (χ2v) is 5.35. The highest BCUT2D eigenvalue weighted by Crippen LogP contribution is 2.19. The van der Waals surface area contributed by atoms with E-state index < -0.39 is 6.10 Å². The lowest BCUT2D eigenvalue weighted by Gasteiger charge is -2.13. The zero-order chi connectivity index (χ0) is 16.9. The summed E-state index contributed by atoms with van der Waals surface area (Å²) in [6.07, 6.45) is 1.16. The molecule has 0 bridgehead atoms. The van der Waals surface area contributed by atoms with Crippen LogP contribution in [0.15, 0.2) is 48.7 Å². The lowest BCUT2D eigenvalue weighted by Crippen LogP contribution is -2.13. The van der Waals surface area contributed by atoms with Crippen molar-refractivity contribution in [3.05, 3.63) is 59.9 Å². The van der Waals surface area contributed by atoms with Gasteiger partial charge >= 0.3 is 0 Å². The van der Waals surface area contributed by atoms with E-state index in [1.807, 2.05) is 43.5 Å². The van der Waals surface area contributed by atoms with Crippen LogP contribution in [0.1, 0.15) is 17.4 Å². The van der Waals surface area contributed by atoms with Crippen molar-refractivity contribution in [3.8, 4) is 11.6 Å². The number of rotatable bonds is 6. The number of methoxy groups -OCH3 is 1. The Balaban J connectivity index is 1.62. The average Bonchev–Trinajstić information content (AvgIpc) is 3.06. The molecule has 0 saturated carbocycles. The Morgan fingerprint density at radius 2 is 2.08 bits per heavy atom.